The van der Waals surface area contributed by atoms with Gasteiger partial charge in [-0.25, -0.2) is 4.98 Å². The second-order valence-corrected chi connectivity index (χ2v) is 5.59. The van der Waals surface area contributed by atoms with Crippen LogP contribution in [0.15, 0.2) is 59.2 Å². The van der Waals surface area contributed by atoms with E-state index in [4.69, 9.17) is 16.0 Å². The number of oxazole rings is 1. The number of halogens is 1. The van der Waals surface area contributed by atoms with Crippen molar-refractivity contribution in [2.45, 2.75) is 6.42 Å². The summed E-state index contributed by atoms with van der Waals surface area (Å²) in [5.41, 5.74) is 2.06. The smallest absolute Gasteiger partial charge is 0.251 e. The predicted octanol–water partition coefficient (Wildman–Crippen LogP) is 3.67. The molecule has 0 aliphatic rings. The van der Waals surface area contributed by atoms with Crippen LogP contribution in [-0.4, -0.2) is 22.5 Å². The Kier molecular flexibility index (Phi) is 4.82. The van der Waals surface area contributed by atoms with Gasteiger partial charge in [-0.05, 0) is 30.3 Å². The number of carbonyl (C=O) groups excluding carboxylic acids is 1. The van der Waals surface area contributed by atoms with Crippen molar-refractivity contribution in [2.75, 3.05) is 6.54 Å². The fraction of sp³-hybridized carbons (Fsp3) is 0.111. The molecule has 0 spiro atoms. The maximum Gasteiger partial charge on any atom is 0.251 e. The van der Waals surface area contributed by atoms with Crippen molar-refractivity contribution in [3.05, 3.63) is 71.1 Å². The van der Waals surface area contributed by atoms with Gasteiger partial charge in [0.15, 0.2) is 0 Å². The van der Waals surface area contributed by atoms with Gasteiger partial charge in [-0.1, -0.05) is 29.8 Å². The molecular weight excluding hydrogens is 328 g/mol. The number of hydrogen-bond donors (Lipinski definition) is 2. The third-order valence-electron chi connectivity index (χ3n) is 3.45. The first-order valence-corrected chi connectivity index (χ1v) is 7.78. The minimum atomic E-state index is -0.260. The van der Waals surface area contributed by atoms with Crippen LogP contribution in [0.1, 0.15) is 16.1 Å². The highest BCUT2D eigenvalue weighted by molar-refractivity contribution is 6.32. The summed E-state index contributed by atoms with van der Waals surface area (Å²) in [6, 6.07) is 13.9. The quantitative estimate of drug-likeness (QED) is 0.741. The number of hydrogen-bond acceptors (Lipinski definition) is 4. The van der Waals surface area contributed by atoms with Crippen molar-refractivity contribution in [3.8, 4) is 17.2 Å². The number of aromatic hydroxyl groups is 1. The van der Waals surface area contributed by atoms with Crippen LogP contribution in [0, 0.1) is 0 Å². The Hall–Kier alpha value is -2.79. The number of rotatable bonds is 5. The highest BCUT2D eigenvalue weighted by atomic mass is 35.5. The predicted molar refractivity (Wildman–Crippen MR) is 91.1 cm³/mol. The van der Waals surface area contributed by atoms with Crippen molar-refractivity contribution < 1.29 is 14.3 Å². The number of amides is 1. The molecule has 6 heteroatoms. The van der Waals surface area contributed by atoms with E-state index in [0.717, 1.165) is 11.3 Å². The summed E-state index contributed by atoms with van der Waals surface area (Å²) in [5, 5.41) is 12.3. The number of nitrogens with one attached hydrogen (secondary N) is 1. The lowest BCUT2D eigenvalue weighted by Gasteiger charge is -2.05. The fourth-order valence-corrected chi connectivity index (χ4v) is 2.37. The van der Waals surface area contributed by atoms with E-state index in [-0.39, 0.29) is 16.7 Å². The molecule has 1 amide bonds. The van der Waals surface area contributed by atoms with E-state index < -0.39 is 0 Å². The molecule has 0 radical (unpaired) electrons. The average Bonchev–Trinajstić information content (AvgIpc) is 3.07. The van der Waals surface area contributed by atoms with E-state index in [1.165, 1.54) is 18.2 Å². The maximum atomic E-state index is 12.0. The molecule has 0 aliphatic carbocycles. The van der Waals surface area contributed by atoms with Gasteiger partial charge in [-0.3, -0.25) is 4.79 Å². The molecule has 0 bridgehead atoms. The summed E-state index contributed by atoms with van der Waals surface area (Å²) >= 11 is 5.80. The molecule has 0 saturated carbocycles. The van der Waals surface area contributed by atoms with Crippen LogP contribution < -0.4 is 5.32 Å². The summed E-state index contributed by atoms with van der Waals surface area (Å²) in [5.74, 6) is 0.246. The van der Waals surface area contributed by atoms with Gasteiger partial charge in [-0.2, -0.15) is 0 Å². The van der Waals surface area contributed by atoms with Crippen LogP contribution in [0.3, 0.4) is 0 Å². The average molecular weight is 343 g/mol. The summed E-state index contributed by atoms with van der Waals surface area (Å²) in [6.45, 7) is 0.415. The van der Waals surface area contributed by atoms with Crippen molar-refractivity contribution in [1.29, 1.82) is 0 Å². The summed E-state index contributed by atoms with van der Waals surface area (Å²) in [4.78, 5) is 16.4. The van der Waals surface area contributed by atoms with Crippen LogP contribution in [0.5, 0.6) is 5.75 Å². The van der Waals surface area contributed by atoms with Crippen LogP contribution in [-0.2, 0) is 6.42 Å². The van der Waals surface area contributed by atoms with Crippen molar-refractivity contribution in [2.24, 2.45) is 0 Å². The Morgan fingerprint density at radius 1 is 1.21 bits per heavy atom. The molecule has 0 saturated heterocycles. The first-order chi connectivity index (χ1) is 11.6. The highest BCUT2D eigenvalue weighted by Gasteiger charge is 2.09. The highest BCUT2D eigenvalue weighted by Crippen LogP contribution is 2.23. The van der Waals surface area contributed by atoms with Crippen LogP contribution in [0.4, 0.5) is 0 Å². The maximum absolute atomic E-state index is 12.0. The lowest BCUT2D eigenvalue weighted by molar-refractivity contribution is 0.0954. The van der Waals surface area contributed by atoms with Gasteiger partial charge in [0.1, 0.15) is 12.0 Å². The molecule has 1 heterocycles. The van der Waals surface area contributed by atoms with E-state index >= 15 is 0 Å². The summed E-state index contributed by atoms with van der Waals surface area (Å²) in [6.07, 6.45) is 2.14. The number of aromatic nitrogens is 1. The lowest BCUT2D eigenvalue weighted by atomic mass is 10.2. The van der Waals surface area contributed by atoms with Crippen LogP contribution in [0.2, 0.25) is 5.02 Å². The SMILES string of the molecule is O=C(NCCc1coc(-c2ccccc2)n1)c1ccc(O)c(Cl)c1. The van der Waals surface area contributed by atoms with Gasteiger partial charge in [0.2, 0.25) is 5.89 Å². The Balaban J connectivity index is 1.56. The van der Waals surface area contributed by atoms with Gasteiger partial charge in [0.05, 0.1) is 10.7 Å². The monoisotopic (exact) mass is 342 g/mol. The number of nitrogens with zero attached hydrogens (tertiary/aromatic N) is 1. The van der Waals surface area contributed by atoms with E-state index in [1.807, 2.05) is 30.3 Å². The molecule has 122 valence electrons. The molecule has 5 nitrogen and oxygen atoms in total. The molecule has 0 atom stereocenters. The van der Waals surface area contributed by atoms with E-state index in [1.54, 1.807) is 6.26 Å². The number of carbonyl (C=O) groups is 1. The zero-order chi connectivity index (χ0) is 16.9. The molecule has 1 aromatic heterocycles. The van der Waals surface area contributed by atoms with Crippen molar-refractivity contribution in [1.82, 2.24) is 10.3 Å². The van der Waals surface area contributed by atoms with Gasteiger partial charge >= 0.3 is 0 Å². The number of phenols is 1. The van der Waals surface area contributed by atoms with Gasteiger partial charge in [0.25, 0.3) is 5.91 Å². The van der Waals surface area contributed by atoms with Crippen molar-refractivity contribution >= 4 is 17.5 Å². The zero-order valence-electron chi connectivity index (χ0n) is 12.7. The molecule has 0 unspecified atom stereocenters. The Morgan fingerprint density at radius 3 is 2.75 bits per heavy atom. The molecule has 3 rings (SSSR count). The Labute approximate surface area is 143 Å². The Bertz CT molecular complexity index is 846. The molecule has 24 heavy (non-hydrogen) atoms. The standard InChI is InChI=1S/C18H15ClN2O3/c19-15-10-13(6-7-16(15)22)17(23)20-9-8-14-11-24-18(21-14)12-4-2-1-3-5-12/h1-7,10-11,22H,8-9H2,(H,20,23). The van der Waals surface area contributed by atoms with Crippen LogP contribution >= 0.6 is 11.6 Å². The first-order valence-electron chi connectivity index (χ1n) is 7.40. The second-order valence-electron chi connectivity index (χ2n) is 5.18. The third kappa shape index (κ3) is 3.75. The van der Waals surface area contributed by atoms with Gasteiger partial charge < -0.3 is 14.8 Å². The van der Waals surface area contributed by atoms with E-state index in [2.05, 4.69) is 10.3 Å². The minimum Gasteiger partial charge on any atom is -0.506 e. The van der Waals surface area contributed by atoms with Gasteiger partial charge in [-0.15, -0.1) is 0 Å². The second kappa shape index (κ2) is 7.19. The topological polar surface area (TPSA) is 75.4 Å². The van der Waals surface area contributed by atoms with E-state index in [9.17, 15) is 9.90 Å². The minimum absolute atomic E-state index is 0.0516. The van der Waals surface area contributed by atoms with Gasteiger partial charge in [0, 0.05) is 24.1 Å². The number of phenolic OH excluding ortho intramolecular Hbond substituents is 1. The fourth-order valence-electron chi connectivity index (χ4n) is 2.19. The van der Waals surface area contributed by atoms with E-state index in [0.29, 0.717) is 24.4 Å². The largest absolute Gasteiger partial charge is 0.506 e. The molecule has 3 aromatic rings. The summed E-state index contributed by atoms with van der Waals surface area (Å²) in [7, 11) is 0. The van der Waals surface area contributed by atoms with Crippen LogP contribution in [0.25, 0.3) is 11.5 Å². The number of benzene rings is 2. The third-order valence-corrected chi connectivity index (χ3v) is 3.75. The first kappa shape index (κ1) is 16.1. The van der Waals surface area contributed by atoms with Crippen molar-refractivity contribution in [3.63, 3.8) is 0 Å². The molecule has 2 N–H and O–H groups in total. The molecule has 0 fully saturated rings. The molecular formula is C18H15ClN2O3. The summed E-state index contributed by atoms with van der Waals surface area (Å²) < 4.78 is 5.45. The lowest BCUT2D eigenvalue weighted by Crippen LogP contribution is -2.25. The Morgan fingerprint density at radius 2 is 2.00 bits per heavy atom. The normalized spacial score (nSPS) is 10.5. The molecule has 2 aromatic carbocycles. The molecule has 0 aliphatic heterocycles. The zero-order valence-corrected chi connectivity index (χ0v) is 13.5.